The van der Waals surface area contributed by atoms with Gasteiger partial charge in [0, 0.05) is 88.9 Å². The lowest BCUT2D eigenvalue weighted by Gasteiger charge is -2.46. The monoisotopic (exact) mass is 814 g/mol. The van der Waals surface area contributed by atoms with Gasteiger partial charge in [0.05, 0.1) is 42.7 Å². The number of carboxylic acids is 1. The van der Waals surface area contributed by atoms with Crippen molar-refractivity contribution in [3.63, 3.8) is 0 Å². The van der Waals surface area contributed by atoms with Crippen molar-refractivity contribution < 1.29 is 55.8 Å². The van der Waals surface area contributed by atoms with Crippen molar-refractivity contribution in [2.24, 2.45) is 18.9 Å². The fraction of sp³-hybridized carbons (Fsp3) is 0.421. The van der Waals surface area contributed by atoms with E-state index in [-0.39, 0.29) is 73.0 Å². The molecular formula is C38H41F5N9O6+. The number of nitrogens with one attached hydrogen (secondary N) is 2. The lowest BCUT2D eigenvalue weighted by atomic mass is 9.90. The first-order valence-electron chi connectivity index (χ1n) is 18.7. The Hall–Kier alpha value is -5.89. The summed E-state index contributed by atoms with van der Waals surface area (Å²) in [6, 6.07) is 6.28. The molecule has 58 heavy (non-hydrogen) atoms. The van der Waals surface area contributed by atoms with Crippen LogP contribution in [0.15, 0.2) is 48.8 Å². The number of aliphatic carboxylic acids is 1. The fourth-order valence-electron chi connectivity index (χ4n) is 8.04. The Labute approximate surface area is 328 Å². The summed E-state index contributed by atoms with van der Waals surface area (Å²) in [4.78, 5) is 58.8. The molecule has 0 atom stereocenters. The first-order valence-corrected chi connectivity index (χ1v) is 18.7. The minimum Gasteiger partial charge on any atom is -0.508 e. The average Bonchev–Trinajstić information content (AvgIpc) is 3.77. The lowest BCUT2D eigenvalue weighted by Crippen LogP contribution is -2.62. The molecule has 2 aromatic heterocycles. The van der Waals surface area contributed by atoms with Crippen molar-refractivity contribution in [3.8, 4) is 22.7 Å². The number of quaternary nitrogens is 1. The number of halogens is 5. The second-order valence-electron chi connectivity index (χ2n) is 15.1. The van der Waals surface area contributed by atoms with Crippen LogP contribution in [0, 0.1) is 23.5 Å². The Bertz CT molecular complexity index is 2240. The van der Waals surface area contributed by atoms with E-state index in [0.29, 0.717) is 41.0 Å². The summed E-state index contributed by atoms with van der Waals surface area (Å²) in [6.07, 6.45) is -1.90. The summed E-state index contributed by atoms with van der Waals surface area (Å²) in [5.41, 5.74) is -2.78. The minimum atomic E-state index is -4.98. The maximum Gasteiger partial charge on any atom is 0.435 e. The molecule has 308 valence electrons. The van der Waals surface area contributed by atoms with E-state index in [1.165, 1.54) is 24.1 Å². The number of amides is 3. The van der Waals surface area contributed by atoms with Gasteiger partial charge < -0.3 is 39.7 Å². The van der Waals surface area contributed by atoms with Crippen molar-refractivity contribution in [1.82, 2.24) is 34.4 Å². The number of anilines is 1. The molecular weight excluding hydrogens is 773 g/mol. The maximum absolute atomic E-state index is 15.4. The van der Waals surface area contributed by atoms with Gasteiger partial charge in [-0.1, -0.05) is 0 Å². The van der Waals surface area contributed by atoms with Crippen molar-refractivity contribution in [1.29, 1.82) is 0 Å². The number of aromatic hydroxyl groups is 1. The van der Waals surface area contributed by atoms with Gasteiger partial charge in [-0.15, -0.1) is 0 Å². The first-order chi connectivity index (χ1) is 27.5. The zero-order valence-electron chi connectivity index (χ0n) is 31.3. The van der Waals surface area contributed by atoms with E-state index in [1.807, 2.05) is 0 Å². The number of carboxylic acid groups (broad SMARTS) is 1. The predicted octanol–water partition coefficient (Wildman–Crippen LogP) is 3.34. The molecule has 0 saturated carbocycles. The second kappa shape index (κ2) is 15.8. The van der Waals surface area contributed by atoms with E-state index in [1.54, 1.807) is 4.90 Å². The standard InChI is InChI=1S/C38H40F5N9O6/c1-48-31(27-19-51(47-33(27)38(41,42)43)30-5-3-25(53)15-29(30)40)18-45-34(48)35(56)46-24-2-4-26(28(39)14-24)37(58)50-10-8-49(9-11-50)36(57)23-6-12-52(13-7-23,21-32(54)55)20-22-16-44-17-22/h2-5,14-15,18-19,22-23,44H,6-13,16-17,20-21H2,1H3,(H2-,46,53,54,55,56,58)/p+1. The quantitative estimate of drug-likeness (QED) is 0.138. The Balaban J connectivity index is 0.962. The Kier molecular flexibility index (Phi) is 11.0. The number of carbonyl (C=O) groups is 4. The Morgan fingerprint density at radius 1 is 0.966 bits per heavy atom. The van der Waals surface area contributed by atoms with Crippen molar-refractivity contribution in [2.45, 2.75) is 19.0 Å². The highest BCUT2D eigenvalue weighted by molar-refractivity contribution is 6.03. The number of hydrogen-bond donors (Lipinski definition) is 4. The van der Waals surface area contributed by atoms with Crippen molar-refractivity contribution in [3.05, 3.63) is 77.5 Å². The minimum absolute atomic E-state index is 0.0306. The highest BCUT2D eigenvalue weighted by Gasteiger charge is 2.43. The van der Waals surface area contributed by atoms with Gasteiger partial charge in [0.15, 0.2) is 23.9 Å². The molecule has 3 aliphatic heterocycles. The number of piperazine rings is 1. The Morgan fingerprint density at radius 3 is 2.26 bits per heavy atom. The van der Waals surface area contributed by atoms with E-state index >= 15 is 4.39 Å². The van der Waals surface area contributed by atoms with Crippen LogP contribution in [0.1, 0.15) is 39.5 Å². The molecule has 3 amide bonds. The molecule has 3 saturated heterocycles. The number of hydrogen-bond acceptors (Lipinski definition) is 8. The van der Waals surface area contributed by atoms with Crippen LogP contribution in [-0.4, -0.2) is 133 Å². The van der Waals surface area contributed by atoms with Gasteiger partial charge in [0.25, 0.3) is 11.8 Å². The zero-order valence-corrected chi connectivity index (χ0v) is 31.3. The van der Waals surface area contributed by atoms with Crippen LogP contribution in [0.25, 0.3) is 16.9 Å². The van der Waals surface area contributed by atoms with Crippen LogP contribution in [0.5, 0.6) is 5.75 Å². The summed E-state index contributed by atoms with van der Waals surface area (Å²) >= 11 is 0. The number of carbonyl (C=O) groups excluding carboxylic acids is 3. The molecule has 15 nitrogen and oxygen atoms in total. The summed E-state index contributed by atoms with van der Waals surface area (Å²) in [5, 5.41) is 28.2. The number of piperidine rings is 1. The molecule has 0 spiro atoms. The van der Waals surface area contributed by atoms with E-state index in [9.17, 15) is 47.0 Å². The van der Waals surface area contributed by atoms with Gasteiger partial charge in [0.2, 0.25) is 5.91 Å². The van der Waals surface area contributed by atoms with E-state index in [2.05, 4.69) is 20.7 Å². The van der Waals surface area contributed by atoms with E-state index in [0.717, 1.165) is 60.9 Å². The largest absolute Gasteiger partial charge is 0.508 e. The number of aromatic nitrogens is 4. The number of benzene rings is 2. The fourth-order valence-corrected chi connectivity index (χ4v) is 8.04. The number of phenols is 1. The lowest BCUT2D eigenvalue weighted by molar-refractivity contribution is -0.929. The maximum atomic E-state index is 15.4. The third-order valence-corrected chi connectivity index (χ3v) is 11.2. The molecule has 4 N–H and O–H groups in total. The third-order valence-electron chi connectivity index (χ3n) is 11.2. The zero-order chi connectivity index (χ0) is 41.5. The van der Waals surface area contributed by atoms with E-state index in [4.69, 9.17) is 0 Å². The highest BCUT2D eigenvalue weighted by Crippen LogP contribution is 2.37. The summed E-state index contributed by atoms with van der Waals surface area (Å²) in [5.74, 6) is -4.96. The van der Waals surface area contributed by atoms with Crippen LogP contribution < -0.4 is 10.6 Å². The van der Waals surface area contributed by atoms with Crippen LogP contribution in [0.2, 0.25) is 0 Å². The Morgan fingerprint density at radius 2 is 1.66 bits per heavy atom. The van der Waals surface area contributed by atoms with Gasteiger partial charge in [-0.25, -0.2) is 23.2 Å². The van der Waals surface area contributed by atoms with Crippen LogP contribution in [0.4, 0.5) is 27.6 Å². The molecule has 3 aliphatic rings. The molecule has 0 aliphatic carbocycles. The van der Waals surface area contributed by atoms with Gasteiger partial charge >= 0.3 is 12.1 Å². The molecule has 2 aromatic carbocycles. The molecule has 4 aromatic rings. The van der Waals surface area contributed by atoms with Crippen LogP contribution in [0.3, 0.4) is 0 Å². The van der Waals surface area contributed by atoms with Gasteiger partial charge in [-0.05, 0) is 30.3 Å². The number of nitrogens with zero attached hydrogens (tertiary/aromatic N) is 7. The molecule has 7 rings (SSSR count). The third kappa shape index (κ3) is 8.24. The summed E-state index contributed by atoms with van der Waals surface area (Å²) in [7, 11) is 1.28. The van der Waals surface area contributed by atoms with E-state index < -0.39 is 52.6 Å². The molecule has 5 heterocycles. The molecule has 20 heteroatoms. The van der Waals surface area contributed by atoms with Crippen molar-refractivity contribution >= 4 is 29.4 Å². The highest BCUT2D eigenvalue weighted by atomic mass is 19.4. The SMILES string of the molecule is Cn1c(-c2cn(-c3ccc(O)cc3F)nc2C(F)(F)F)cnc1C(=O)Nc1ccc(C(=O)N2CCN(C(=O)C3CC[N+](CC(=O)O)(CC4CNC4)CC3)CC2)c(F)c1. The summed E-state index contributed by atoms with van der Waals surface area (Å²) < 4.78 is 74.2. The van der Waals surface area contributed by atoms with Crippen LogP contribution in [-0.2, 0) is 22.8 Å². The normalized spacial score (nSPS) is 20.1. The number of phenolic OH excluding ortho intramolecular Hbond substituents is 1. The topological polar surface area (TPSA) is 175 Å². The average molecular weight is 815 g/mol. The molecule has 0 bridgehead atoms. The number of imidazole rings is 1. The van der Waals surface area contributed by atoms with Gasteiger partial charge in [-0.2, -0.15) is 18.3 Å². The molecule has 0 radical (unpaired) electrons. The van der Waals surface area contributed by atoms with Crippen LogP contribution >= 0.6 is 0 Å². The first kappa shape index (κ1) is 40.3. The number of rotatable bonds is 10. The van der Waals surface area contributed by atoms with Gasteiger partial charge in [0.1, 0.15) is 17.3 Å². The smallest absolute Gasteiger partial charge is 0.435 e. The number of likely N-dealkylation sites (tertiary alicyclic amines) is 1. The summed E-state index contributed by atoms with van der Waals surface area (Å²) in [6.45, 7) is 4.61. The molecule has 0 unspecified atom stereocenters. The van der Waals surface area contributed by atoms with Gasteiger partial charge in [-0.3, -0.25) is 14.4 Å². The number of alkyl halides is 3. The predicted molar refractivity (Wildman–Crippen MR) is 196 cm³/mol. The second-order valence-corrected chi connectivity index (χ2v) is 15.1. The molecule has 3 fully saturated rings. The van der Waals surface area contributed by atoms with Crippen molar-refractivity contribution in [2.75, 3.05) is 70.8 Å².